The van der Waals surface area contributed by atoms with E-state index in [0.29, 0.717) is 5.56 Å². The lowest BCUT2D eigenvalue weighted by Gasteiger charge is -2.00. The van der Waals surface area contributed by atoms with Gasteiger partial charge in [0.1, 0.15) is 0 Å². The Kier molecular flexibility index (Phi) is 3.14. The second-order valence-electron chi connectivity index (χ2n) is 2.83. The number of hydrogen-bond acceptors (Lipinski definition) is 1. The van der Waals surface area contributed by atoms with Crippen LogP contribution in [-0.2, 0) is 0 Å². The average molecular weight is 206 g/mol. The predicted molar refractivity (Wildman–Crippen MR) is 61.3 cm³/mol. The van der Waals surface area contributed by atoms with Gasteiger partial charge in [0.25, 0.3) is 0 Å². The zero-order valence-corrected chi connectivity index (χ0v) is 8.40. The molecule has 0 unspecified atom stereocenters. The molecule has 0 fully saturated rings. The van der Waals surface area contributed by atoms with E-state index < -0.39 is 5.97 Å². The van der Waals surface area contributed by atoms with Crippen molar-refractivity contribution in [3.05, 3.63) is 48.0 Å². The molecule has 0 aliphatic carbocycles. The maximum atomic E-state index is 10.8. The van der Waals surface area contributed by atoms with Crippen molar-refractivity contribution < 1.29 is 9.90 Å². The molecule has 2 rings (SSSR count). The highest BCUT2D eigenvalue weighted by Crippen LogP contribution is 2.17. The summed E-state index contributed by atoms with van der Waals surface area (Å²) >= 11 is 0. The molecule has 2 aromatic rings. The lowest BCUT2D eigenvalue weighted by Crippen LogP contribution is -1.96. The summed E-state index contributed by atoms with van der Waals surface area (Å²) in [5.74, 6) is -0.878. The van der Waals surface area contributed by atoms with E-state index in [1.165, 1.54) is 0 Å². The summed E-state index contributed by atoms with van der Waals surface area (Å²) in [4.78, 5) is 10.8. The summed E-state index contributed by atoms with van der Waals surface area (Å²) in [5.41, 5.74) is 0.359. The van der Waals surface area contributed by atoms with E-state index in [4.69, 9.17) is 5.11 Å². The molecule has 72 valence electrons. The van der Waals surface area contributed by atoms with Gasteiger partial charge in [-0.1, -0.05) is 36.4 Å². The van der Waals surface area contributed by atoms with Crippen molar-refractivity contribution in [2.24, 2.45) is 0 Å². The molecule has 0 saturated carbocycles. The van der Waals surface area contributed by atoms with E-state index in [0.717, 1.165) is 10.8 Å². The first-order chi connectivity index (χ1) is 6.29. The number of fused-ring (bicyclic) bond motifs is 1. The van der Waals surface area contributed by atoms with Crippen molar-refractivity contribution in [3.63, 3.8) is 0 Å². The van der Waals surface area contributed by atoms with Gasteiger partial charge in [0.15, 0.2) is 0 Å². The number of carboxylic acid groups (broad SMARTS) is 1. The van der Waals surface area contributed by atoms with Gasteiger partial charge in [-0.05, 0) is 16.8 Å². The lowest BCUT2D eigenvalue weighted by atomic mass is 10.1. The van der Waals surface area contributed by atoms with E-state index in [1.807, 2.05) is 30.3 Å². The minimum Gasteiger partial charge on any atom is -0.478 e. The Bertz CT molecular complexity index is 460. The van der Waals surface area contributed by atoms with E-state index in [-0.39, 0.29) is 13.5 Å². The molecule has 0 atom stereocenters. The Morgan fingerprint density at radius 3 is 2.36 bits per heavy atom. The van der Waals surface area contributed by atoms with Gasteiger partial charge in [-0.15, -0.1) is 0 Å². The van der Waals surface area contributed by atoms with Crippen LogP contribution >= 0.6 is 13.5 Å². The summed E-state index contributed by atoms with van der Waals surface area (Å²) in [6.45, 7) is 0. The highest BCUT2D eigenvalue weighted by molar-refractivity contribution is 7.59. The molecular formula is C11H10O2S. The van der Waals surface area contributed by atoms with Crippen molar-refractivity contribution in [2.75, 3.05) is 0 Å². The first-order valence-corrected chi connectivity index (χ1v) is 4.00. The van der Waals surface area contributed by atoms with Crippen LogP contribution in [0.1, 0.15) is 10.4 Å². The second-order valence-corrected chi connectivity index (χ2v) is 2.83. The van der Waals surface area contributed by atoms with E-state index >= 15 is 0 Å². The molecule has 0 aromatic heterocycles. The predicted octanol–water partition coefficient (Wildman–Crippen LogP) is 2.65. The van der Waals surface area contributed by atoms with E-state index in [2.05, 4.69) is 0 Å². The standard InChI is InChI=1S/C11H8O2.H2S/c12-11(13)10-7-3-5-8-4-1-2-6-9(8)10;/h1-7H,(H,12,13);1H2. The van der Waals surface area contributed by atoms with Gasteiger partial charge in [0.05, 0.1) is 5.56 Å². The fraction of sp³-hybridized carbons (Fsp3) is 0. The number of carbonyl (C=O) groups is 1. The van der Waals surface area contributed by atoms with Crippen molar-refractivity contribution in [1.29, 1.82) is 0 Å². The number of aromatic carboxylic acids is 1. The number of benzene rings is 2. The zero-order chi connectivity index (χ0) is 9.26. The van der Waals surface area contributed by atoms with Gasteiger partial charge in [-0.3, -0.25) is 0 Å². The van der Waals surface area contributed by atoms with Crippen LogP contribution < -0.4 is 0 Å². The molecule has 0 aliphatic heterocycles. The topological polar surface area (TPSA) is 37.3 Å². The fourth-order valence-electron chi connectivity index (χ4n) is 1.41. The third-order valence-electron chi connectivity index (χ3n) is 2.02. The second kappa shape index (κ2) is 4.15. The Balaban J connectivity index is 0.000000980. The number of rotatable bonds is 1. The Hall–Kier alpha value is -1.48. The minimum atomic E-state index is -0.878. The average Bonchev–Trinajstić information content (AvgIpc) is 2.17. The lowest BCUT2D eigenvalue weighted by molar-refractivity contribution is 0.0699. The molecule has 0 bridgehead atoms. The Morgan fingerprint density at radius 1 is 1.00 bits per heavy atom. The van der Waals surface area contributed by atoms with E-state index in [1.54, 1.807) is 12.1 Å². The maximum Gasteiger partial charge on any atom is 0.336 e. The molecule has 2 nitrogen and oxygen atoms in total. The zero-order valence-electron chi connectivity index (χ0n) is 7.40. The molecular weight excluding hydrogens is 196 g/mol. The minimum absolute atomic E-state index is 0. The van der Waals surface area contributed by atoms with Crippen LogP contribution in [0.25, 0.3) is 10.8 Å². The third-order valence-corrected chi connectivity index (χ3v) is 2.02. The largest absolute Gasteiger partial charge is 0.478 e. The van der Waals surface area contributed by atoms with Crippen LogP contribution in [0.15, 0.2) is 42.5 Å². The molecule has 2 aromatic carbocycles. The molecule has 0 saturated heterocycles. The van der Waals surface area contributed by atoms with Crippen LogP contribution in [0.2, 0.25) is 0 Å². The SMILES string of the molecule is O=C(O)c1cccc2ccccc12.S. The first kappa shape index (κ1) is 10.6. The summed E-state index contributed by atoms with van der Waals surface area (Å²) < 4.78 is 0. The normalized spacial score (nSPS) is 9.43. The Labute approximate surface area is 88.6 Å². The van der Waals surface area contributed by atoms with Crippen molar-refractivity contribution in [2.45, 2.75) is 0 Å². The van der Waals surface area contributed by atoms with Gasteiger partial charge >= 0.3 is 5.97 Å². The van der Waals surface area contributed by atoms with Gasteiger partial charge in [0, 0.05) is 0 Å². The van der Waals surface area contributed by atoms with Crippen LogP contribution in [0.4, 0.5) is 0 Å². The van der Waals surface area contributed by atoms with Crippen molar-refractivity contribution in [3.8, 4) is 0 Å². The van der Waals surface area contributed by atoms with Crippen molar-refractivity contribution >= 4 is 30.2 Å². The smallest absolute Gasteiger partial charge is 0.336 e. The molecule has 0 amide bonds. The monoisotopic (exact) mass is 206 g/mol. The summed E-state index contributed by atoms with van der Waals surface area (Å²) in [6.07, 6.45) is 0. The summed E-state index contributed by atoms with van der Waals surface area (Å²) in [5, 5.41) is 10.6. The maximum absolute atomic E-state index is 10.8. The fourth-order valence-corrected chi connectivity index (χ4v) is 1.41. The van der Waals surface area contributed by atoms with Crippen molar-refractivity contribution in [1.82, 2.24) is 0 Å². The highest BCUT2D eigenvalue weighted by Gasteiger charge is 2.05. The van der Waals surface area contributed by atoms with Crippen LogP contribution in [0.5, 0.6) is 0 Å². The molecule has 0 aliphatic rings. The molecule has 0 heterocycles. The van der Waals surface area contributed by atoms with Gasteiger partial charge in [0.2, 0.25) is 0 Å². The molecule has 0 spiro atoms. The number of hydrogen-bond donors (Lipinski definition) is 1. The van der Waals surface area contributed by atoms with Crippen LogP contribution in [-0.4, -0.2) is 11.1 Å². The van der Waals surface area contributed by atoms with Crippen LogP contribution in [0, 0.1) is 0 Å². The molecule has 0 radical (unpaired) electrons. The third kappa shape index (κ3) is 1.72. The summed E-state index contributed by atoms with van der Waals surface area (Å²) in [6, 6.07) is 12.7. The highest BCUT2D eigenvalue weighted by atomic mass is 32.1. The molecule has 1 N–H and O–H groups in total. The molecule has 3 heteroatoms. The van der Waals surface area contributed by atoms with Gasteiger partial charge in [-0.2, -0.15) is 13.5 Å². The summed E-state index contributed by atoms with van der Waals surface area (Å²) in [7, 11) is 0. The first-order valence-electron chi connectivity index (χ1n) is 4.00. The quantitative estimate of drug-likeness (QED) is 0.778. The van der Waals surface area contributed by atoms with Gasteiger partial charge < -0.3 is 5.11 Å². The molecule has 14 heavy (non-hydrogen) atoms. The number of carboxylic acids is 1. The van der Waals surface area contributed by atoms with Crippen LogP contribution in [0.3, 0.4) is 0 Å². The van der Waals surface area contributed by atoms with E-state index in [9.17, 15) is 4.79 Å². The van der Waals surface area contributed by atoms with Gasteiger partial charge in [-0.25, -0.2) is 4.79 Å². The Morgan fingerprint density at radius 2 is 1.64 bits per heavy atom.